The predicted octanol–water partition coefficient (Wildman–Crippen LogP) is 8.58. The molecule has 162 valence electrons. The molecule has 0 radical (unpaired) electrons. The summed E-state index contributed by atoms with van der Waals surface area (Å²) in [5.74, 6) is 1.90. The van der Waals surface area contributed by atoms with Crippen LogP contribution in [0.5, 0.6) is 0 Å². The van der Waals surface area contributed by atoms with E-state index in [1.165, 1.54) is 87.5 Å². The zero-order chi connectivity index (χ0) is 20.7. The van der Waals surface area contributed by atoms with Gasteiger partial charge in [-0.25, -0.2) is 0 Å². The van der Waals surface area contributed by atoms with Crippen molar-refractivity contribution in [3.8, 4) is 11.1 Å². The molecule has 1 fully saturated rings. The third-order valence-electron chi connectivity index (χ3n) is 8.12. The van der Waals surface area contributed by atoms with Crippen molar-refractivity contribution < 1.29 is 4.74 Å². The van der Waals surface area contributed by atoms with Crippen LogP contribution in [0.1, 0.15) is 88.2 Å². The van der Waals surface area contributed by atoms with Gasteiger partial charge >= 0.3 is 0 Å². The van der Waals surface area contributed by atoms with Crippen molar-refractivity contribution in [2.45, 2.75) is 87.9 Å². The molecule has 4 aliphatic rings. The van der Waals surface area contributed by atoms with Crippen molar-refractivity contribution in [1.29, 1.82) is 0 Å². The highest BCUT2D eigenvalue weighted by atomic mass is 32.2. The molecule has 2 heteroatoms. The van der Waals surface area contributed by atoms with Gasteiger partial charge in [-0.1, -0.05) is 80.6 Å². The summed E-state index contributed by atoms with van der Waals surface area (Å²) in [4.78, 5) is 1.57. The number of fused-ring (bicyclic) bond motifs is 7. The first-order valence-electron chi connectivity index (χ1n) is 12.6. The highest BCUT2D eigenvalue weighted by molar-refractivity contribution is 8.04. The molecular weight excluding hydrogens is 396 g/mol. The highest BCUT2D eigenvalue weighted by Gasteiger charge is 2.54. The molecule has 0 unspecified atom stereocenters. The van der Waals surface area contributed by atoms with Gasteiger partial charge in [0.25, 0.3) is 0 Å². The molecule has 1 saturated carbocycles. The topological polar surface area (TPSA) is 9.23 Å². The van der Waals surface area contributed by atoms with Crippen molar-refractivity contribution in [1.82, 2.24) is 0 Å². The minimum atomic E-state index is 0.00543. The smallest absolute Gasteiger partial charge is 0.106 e. The Kier molecular flexibility index (Phi) is 5.38. The average Bonchev–Trinajstić information content (AvgIpc) is 2.98. The minimum Gasteiger partial charge on any atom is -0.494 e. The van der Waals surface area contributed by atoms with Crippen LogP contribution in [0.2, 0.25) is 0 Å². The van der Waals surface area contributed by atoms with E-state index in [0.29, 0.717) is 12.0 Å². The predicted molar refractivity (Wildman–Crippen MR) is 131 cm³/mol. The van der Waals surface area contributed by atoms with Crippen molar-refractivity contribution in [3.63, 3.8) is 0 Å². The van der Waals surface area contributed by atoms with Crippen molar-refractivity contribution >= 4 is 11.8 Å². The van der Waals surface area contributed by atoms with Gasteiger partial charge in [0, 0.05) is 17.2 Å². The minimum absolute atomic E-state index is 0.00543. The molecular formula is C29H34OS. The van der Waals surface area contributed by atoms with Crippen molar-refractivity contribution in [2.24, 2.45) is 5.92 Å². The lowest BCUT2D eigenvalue weighted by Crippen LogP contribution is -2.40. The van der Waals surface area contributed by atoms with E-state index < -0.39 is 0 Å². The molecule has 3 aliphatic carbocycles. The Morgan fingerprint density at radius 3 is 2.03 bits per heavy atom. The Hall–Kier alpha value is -1.67. The fourth-order valence-corrected chi connectivity index (χ4v) is 8.58. The fraction of sp³-hybridized carbons (Fsp3) is 0.517. The van der Waals surface area contributed by atoms with Gasteiger partial charge in [-0.15, -0.1) is 11.8 Å². The molecule has 2 aromatic carbocycles. The third-order valence-corrected chi connectivity index (χ3v) is 9.86. The normalized spacial score (nSPS) is 27.4. The van der Waals surface area contributed by atoms with Crippen LogP contribution >= 0.6 is 11.8 Å². The second kappa shape index (κ2) is 8.35. The molecule has 1 heterocycles. The summed E-state index contributed by atoms with van der Waals surface area (Å²) in [5, 5.41) is 0. The van der Waals surface area contributed by atoms with Gasteiger partial charge in [0.15, 0.2) is 0 Å². The average molecular weight is 431 g/mol. The van der Waals surface area contributed by atoms with E-state index in [-0.39, 0.29) is 4.75 Å². The summed E-state index contributed by atoms with van der Waals surface area (Å²) in [7, 11) is 0. The maximum Gasteiger partial charge on any atom is 0.106 e. The summed E-state index contributed by atoms with van der Waals surface area (Å²) >= 11 is 2.21. The lowest BCUT2D eigenvalue weighted by atomic mass is 9.74. The largest absolute Gasteiger partial charge is 0.494 e. The molecule has 1 aliphatic heterocycles. The number of thioether (sulfide) groups is 1. The van der Waals surface area contributed by atoms with E-state index in [0.717, 1.165) is 6.42 Å². The molecule has 31 heavy (non-hydrogen) atoms. The highest BCUT2D eigenvalue weighted by Crippen LogP contribution is 2.65. The Balaban J connectivity index is 1.59. The van der Waals surface area contributed by atoms with Crippen LogP contribution in [-0.4, -0.2) is 6.10 Å². The third kappa shape index (κ3) is 3.28. The van der Waals surface area contributed by atoms with Gasteiger partial charge in [0.05, 0.1) is 4.75 Å². The first-order chi connectivity index (χ1) is 15.4. The lowest BCUT2D eigenvalue weighted by molar-refractivity contribution is 0.0308. The van der Waals surface area contributed by atoms with E-state index in [4.69, 9.17) is 4.74 Å². The monoisotopic (exact) mass is 430 g/mol. The van der Waals surface area contributed by atoms with Crippen LogP contribution < -0.4 is 0 Å². The molecule has 6 rings (SSSR count). The summed E-state index contributed by atoms with van der Waals surface area (Å²) in [6.07, 6.45) is 15.9. The molecule has 1 spiro atoms. The van der Waals surface area contributed by atoms with Gasteiger partial charge in [0.1, 0.15) is 11.9 Å². The molecule has 0 bridgehead atoms. The van der Waals surface area contributed by atoms with Crippen molar-refractivity contribution in [2.75, 3.05) is 0 Å². The van der Waals surface area contributed by atoms with Crippen LogP contribution in [-0.2, 0) is 9.48 Å². The quantitative estimate of drug-likeness (QED) is 0.414. The standard InChI is InChI=1S/C29H34OS/c1-2-6-18-26-25(17-5-1)29(31-28-20-8-4-3-7-19-27(28)30-26)23-15-11-9-13-21(23)22-14-10-12-16-24(22)29/h9-16,25-26H,1-8,17-20H2/t25-,26-/m0/s1. The Morgan fingerprint density at radius 2 is 1.29 bits per heavy atom. The van der Waals surface area contributed by atoms with E-state index in [1.54, 1.807) is 16.0 Å². The first-order valence-corrected chi connectivity index (χ1v) is 13.5. The number of allylic oxidation sites excluding steroid dienone is 2. The van der Waals surface area contributed by atoms with E-state index >= 15 is 0 Å². The summed E-state index contributed by atoms with van der Waals surface area (Å²) < 4.78 is 7.07. The molecule has 0 N–H and O–H groups in total. The zero-order valence-electron chi connectivity index (χ0n) is 18.6. The van der Waals surface area contributed by atoms with Crippen LogP contribution in [0.3, 0.4) is 0 Å². The van der Waals surface area contributed by atoms with Crippen LogP contribution in [0, 0.1) is 5.92 Å². The number of benzene rings is 2. The molecule has 2 atom stereocenters. The van der Waals surface area contributed by atoms with Gasteiger partial charge < -0.3 is 4.74 Å². The Morgan fingerprint density at radius 1 is 0.677 bits per heavy atom. The van der Waals surface area contributed by atoms with E-state index in [2.05, 4.69) is 60.3 Å². The maximum atomic E-state index is 7.07. The summed E-state index contributed by atoms with van der Waals surface area (Å²) in [6, 6.07) is 18.6. The first kappa shape index (κ1) is 20.0. The van der Waals surface area contributed by atoms with E-state index in [1.807, 2.05) is 0 Å². The SMILES string of the molecule is c1ccc2c(c1)-c1ccccc1C21SC2=C(CCCCCC2)O[C@H]2CCCCCC[C@@H]21. The summed E-state index contributed by atoms with van der Waals surface area (Å²) in [5.41, 5.74) is 6.02. The molecule has 0 aromatic heterocycles. The van der Waals surface area contributed by atoms with Gasteiger partial charge in [-0.3, -0.25) is 0 Å². The second-order valence-corrected chi connectivity index (χ2v) is 11.3. The summed E-state index contributed by atoms with van der Waals surface area (Å²) in [6.45, 7) is 0. The zero-order valence-corrected chi connectivity index (χ0v) is 19.4. The van der Waals surface area contributed by atoms with Crippen molar-refractivity contribution in [3.05, 3.63) is 70.3 Å². The number of rotatable bonds is 0. The van der Waals surface area contributed by atoms with Gasteiger partial charge in [-0.2, -0.15) is 0 Å². The lowest BCUT2D eigenvalue weighted by Gasteiger charge is -2.42. The Labute approximate surface area is 191 Å². The van der Waals surface area contributed by atoms with Crippen LogP contribution in [0.15, 0.2) is 59.2 Å². The maximum absolute atomic E-state index is 7.07. The van der Waals surface area contributed by atoms with E-state index in [9.17, 15) is 0 Å². The molecule has 0 saturated heterocycles. The molecule has 2 aromatic rings. The molecule has 0 amide bonds. The van der Waals surface area contributed by atoms with Crippen LogP contribution in [0.25, 0.3) is 11.1 Å². The fourth-order valence-electron chi connectivity index (χ4n) is 6.68. The Bertz CT molecular complexity index is 944. The molecule has 1 nitrogen and oxygen atoms in total. The van der Waals surface area contributed by atoms with Crippen LogP contribution in [0.4, 0.5) is 0 Å². The number of hydrogen-bond acceptors (Lipinski definition) is 2. The number of hydrogen-bond donors (Lipinski definition) is 0. The number of ether oxygens (including phenoxy) is 1. The van der Waals surface area contributed by atoms with Gasteiger partial charge in [-0.05, 0) is 60.8 Å². The second-order valence-electron chi connectivity index (χ2n) is 9.94. The van der Waals surface area contributed by atoms with Gasteiger partial charge in [0.2, 0.25) is 0 Å².